The molecule has 1 aromatic carbocycles. The number of carboxylic acid groups (broad SMARTS) is 1. The number of halogens is 3. The Bertz CT molecular complexity index is 1450. The highest BCUT2D eigenvalue weighted by atomic mass is 32.2. The van der Waals surface area contributed by atoms with Gasteiger partial charge in [-0.05, 0) is 95.9 Å². The van der Waals surface area contributed by atoms with Gasteiger partial charge >= 0.3 is 12.1 Å². The topological polar surface area (TPSA) is 118 Å². The lowest BCUT2D eigenvalue weighted by atomic mass is 9.86. The Morgan fingerprint density at radius 3 is 2.16 bits per heavy atom. The van der Waals surface area contributed by atoms with E-state index in [0.717, 1.165) is 44.2 Å². The molecule has 4 rings (SSSR count). The number of amides is 1. The van der Waals surface area contributed by atoms with Crippen molar-refractivity contribution in [1.82, 2.24) is 14.6 Å². The Morgan fingerprint density at radius 2 is 1.60 bits per heavy atom. The van der Waals surface area contributed by atoms with E-state index in [2.05, 4.69) is 10.0 Å². The van der Waals surface area contributed by atoms with Crippen LogP contribution in [0, 0.1) is 18.8 Å². The van der Waals surface area contributed by atoms with Crippen LogP contribution < -0.4 is 10.0 Å². The fraction of sp³-hybridized carbons (Fsp3) is 0.613. The number of carbonyl (C=O) groups is 2. The number of nitrogens with zero attached hydrogens (tertiary/aromatic N) is 1. The van der Waals surface area contributed by atoms with Crippen molar-refractivity contribution in [2.75, 3.05) is 0 Å². The van der Waals surface area contributed by atoms with Crippen LogP contribution in [0.2, 0.25) is 0 Å². The summed E-state index contributed by atoms with van der Waals surface area (Å²) in [7, 11) is -4.48. The van der Waals surface area contributed by atoms with Crippen LogP contribution in [-0.2, 0) is 27.5 Å². The van der Waals surface area contributed by atoms with E-state index in [4.69, 9.17) is 0 Å². The Morgan fingerprint density at radius 1 is 0.977 bits per heavy atom. The lowest BCUT2D eigenvalue weighted by Gasteiger charge is -2.27. The molecule has 12 heteroatoms. The zero-order valence-corrected chi connectivity index (χ0v) is 26.0. The lowest BCUT2D eigenvalue weighted by molar-refractivity contribution is -0.143. The number of carboxylic acids is 1. The van der Waals surface area contributed by atoms with E-state index in [1.54, 1.807) is 33.8 Å². The van der Waals surface area contributed by atoms with Gasteiger partial charge in [0.25, 0.3) is 5.91 Å². The summed E-state index contributed by atoms with van der Waals surface area (Å²) in [5.41, 5.74) is -0.710. The van der Waals surface area contributed by atoms with E-state index in [-0.39, 0.29) is 17.5 Å². The minimum absolute atomic E-state index is 0.168. The van der Waals surface area contributed by atoms with Gasteiger partial charge in [0.2, 0.25) is 10.0 Å². The molecule has 0 saturated heterocycles. The number of aliphatic carboxylic acids is 1. The van der Waals surface area contributed by atoms with Crippen LogP contribution in [0.4, 0.5) is 13.2 Å². The SMILES string of the molecule is Cc1c(C(=O)NC2CCC(C(=O)O)CC2)cc(-c2ccc(S(=O)(=O)NC(C)(C)C)c(C(F)(F)F)c2)n1CC1CCCCC1. The van der Waals surface area contributed by atoms with Crippen LogP contribution >= 0.6 is 0 Å². The number of aromatic nitrogens is 1. The summed E-state index contributed by atoms with van der Waals surface area (Å²) in [6.45, 7) is 6.97. The van der Waals surface area contributed by atoms with Crippen molar-refractivity contribution in [3.05, 3.63) is 41.1 Å². The molecule has 2 aromatic rings. The molecule has 8 nitrogen and oxygen atoms in total. The molecule has 0 radical (unpaired) electrons. The maximum Gasteiger partial charge on any atom is 0.417 e. The molecular weight excluding hydrogens is 583 g/mol. The van der Waals surface area contributed by atoms with Gasteiger partial charge in [0.1, 0.15) is 0 Å². The van der Waals surface area contributed by atoms with E-state index in [0.29, 0.717) is 55.1 Å². The second kappa shape index (κ2) is 12.6. The highest BCUT2D eigenvalue weighted by Gasteiger charge is 2.39. The monoisotopic (exact) mass is 625 g/mol. The minimum atomic E-state index is -4.94. The summed E-state index contributed by atoms with van der Waals surface area (Å²) in [5.74, 6) is -1.31. The van der Waals surface area contributed by atoms with Crippen LogP contribution in [-0.4, -0.2) is 41.5 Å². The molecule has 0 aliphatic heterocycles. The first-order valence-electron chi connectivity index (χ1n) is 15.0. The molecule has 0 spiro atoms. The molecular formula is C31H42F3N3O5S. The number of sulfonamides is 1. The Hall–Kier alpha value is -2.86. The van der Waals surface area contributed by atoms with Crippen molar-refractivity contribution >= 4 is 21.9 Å². The zero-order chi connectivity index (χ0) is 31.7. The van der Waals surface area contributed by atoms with Gasteiger partial charge in [-0.2, -0.15) is 13.2 Å². The van der Waals surface area contributed by atoms with E-state index in [9.17, 15) is 36.3 Å². The standard InChI is InChI=1S/C31H42F3N3O5S/c1-19-24(28(38)35-23-13-10-21(11-14-23)29(39)40)17-26(37(19)18-20-8-6-5-7-9-20)22-12-15-27(25(16-22)31(32,33)34)43(41,42)36-30(2,3)4/h12,15-17,20-21,23,36H,5-11,13-14,18H2,1-4H3,(H,35,38)(H,39,40). The summed E-state index contributed by atoms with van der Waals surface area (Å²) in [6.07, 6.45) is 2.29. The number of alkyl halides is 3. The van der Waals surface area contributed by atoms with E-state index in [1.165, 1.54) is 6.07 Å². The fourth-order valence-electron chi connectivity index (χ4n) is 6.33. The zero-order valence-electron chi connectivity index (χ0n) is 25.2. The number of hydrogen-bond donors (Lipinski definition) is 3. The van der Waals surface area contributed by atoms with E-state index in [1.807, 2.05) is 4.57 Å². The van der Waals surface area contributed by atoms with Gasteiger partial charge in [0, 0.05) is 29.5 Å². The Kier molecular flexibility index (Phi) is 9.71. The molecule has 3 N–H and O–H groups in total. The van der Waals surface area contributed by atoms with Crippen molar-refractivity contribution in [2.24, 2.45) is 11.8 Å². The van der Waals surface area contributed by atoms with Crippen molar-refractivity contribution in [2.45, 2.75) is 115 Å². The van der Waals surface area contributed by atoms with Crippen molar-refractivity contribution in [3.63, 3.8) is 0 Å². The van der Waals surface area contributed by atoms with Gasteiger partial charge in [-0.3, -0.25) is 9.59 Å². The molecule has 0 unspecified atom stereocenters. The predicted molar refractivity (Wildman–Crippen MR) is 157 cm³/mol. The number of nitrogens with one attached hydrogen (secondary N) is 2. The fourth-order valence-corrected chi connectivity index (χ4v) is 7.96. The summed E-state index contributed by atoms with van der Waals surface area (Å²) < 4.78 is 73.2. The average Bonchev–Trinajstić information content (AvgIpc) is 3.23. The molecule has 2 fully saturated rings. The van der Waals surface area contributed by atoms with Crippen molar-refractivity contribution in [3.8, 4) is 11.3 Å². The normalized spacial score (nSPS) is 20.6. The van der Waals surface area contributed by atoms with E-state index >= 15 is 0 Å². The smallest absolute Gasteiger partial charge is 0.417 e. The Labute approximate surface area is 251 Å². The van der Waals surface area contributed by atoms with Crippen LogP contribution in [0.25, 0.3) is 11.3 Å². The number of rotatable bonds is 8. The lowest BCUT2D eigenvalue weighted by Crippen LogP contribution is -2.41. The quantitative estimate of drug-likeness (QED) is 0.309. The highest BCUT2D eigenvalue weighted by molar-refractivity contribution is 7.89. The third-order valence-electron chi connectivity index (χ3n) is 8.50. The van der Waals surface area contributed by atoms with Gasteiger partial charge in [-0.25, -0.2) is 13.1 Å². The molecule has 1 heterocycles. The molecule has 238 valence electrons. The number of benzene rings is 1. The van der Waals surface area contributed by atoms with Gasteiger partial charge in [-0.1, -0.05) is 25.3 Å². The minimum Gasteiger partial charge on any atom is -0.481 e. The number of hydrogen-bond acceptors (Lipinski definition) is 4. The summed E-state index contributed by atoms with van der Waals surface area (Å²) in [4.78, 5) is 23.9. The van der Waals surface area contributed by atoms with Gasteiger partial charge in [0.15, 0.2) is 0 Å². The molecule has 2 aliphatic rings. The summed E-state index contributed by atoms with van der Waals surface area (Å²) >= 11 is 0. The van der Waals surface area contributed by atoms with Crippen molar-refractivity contribution in [1.29, 1.82) is 0 Å². The first kappa shape index (κ1) is 33.0. The average molecular weight is 626 g/mol. The summed E-state index contributed by atoms with van der Waals surface area (Å²) in [6, 6.07) is 4.61. The van der Waals surface area contributed by atoms with Gasteiger partial charge in [-0.15, -0.1) is 0 Å². The third kappa shape index (κ3) is 8.00. The van der Waals surface area contributed by atoms with Crippen molar-refractivity contribution < 1.29 is 36.3 Å². The first-order valence-corrected chi connectivity index (χ1v) is 16.4. The van der Waals surface area contributed by atoms with Crippen LogP contribution in [0.3, 0.4) is 0 Å². The van der Waals surface area contributed by atoms with Gasteiger partial charge in [0.05, 0.1) is 21.9 Å². The molecule has 1 amide bonds. The highest BCUT2D eigenvalue weighted by Crippen LogP contribution is 2.39. The van der Waals surface area contributed by atoms with E-state index < -0.39 is 44.1 Å². The number of carbonyl (C=O) groups excluding carboxylic acids is 1. The van der Waals surface area contributed by atoms with Gasteiger partial charge < -0.3 is 15.0 Å². The largest absolute Gasteiger partial charge is 0.481 e. The molecule has 0 bridgehead atoms. The summed E-state index contributed by atoms with van der Waals surface area (Å²) in [5, 5.41) is 12.3. The molecule has 2 saturated carbocycles. The maximum absolute atomic E-state index is 14.3. The van der Waals surface area contributed by atoms with Crippen LogP contribution in [0.5, 0.6) is 0 Å². The molecule has 43 heavy (non-hydrogen) atoms. The van der Waals surface area contributed by atoms with Crippen LogP contribution in [0.15, 0.2) is 29.2 Å². The Balaban J connectivity index is 1.74. The third-order valence-corrected chi connectivity index (χ3v) is 10.3. The molecule has 2 aliphatic carbocycles. The molecule has 1 aromatic heterocycles. The molecule has 0 atom stereocenters. The second-order valence-electron chi connectivity index (χ2n) is 13.1. The predicted octanol–water partition coefficient (Wildman–Crippen LogP) is 6.51. The first-order chi connectivity index (χ1) is 20.0. The maximum atomic E-state index is 14.3. The second-order valence-corrected chi connectivity index (χ2v) is 14.7. The van der Waals surface area contributed by atoms with Crippen LogP contribution in [0.1, 0.15) is 100 Å².